The van der Waals surface area contributed by atoms with Gasteiger partial charge in [-0.15, -0.1) is 11.3 Å². The summed E-state index contributed by atoms with van der Waals surface area (Å²) in [5.41, 5.74) is 4.77. The van der Waals surface area contributed by atoms with E-state index < -0.39 is 18.1 Å². The lowest BCUT2D eigenvalue weighted by Gasteiger charge is -2.22. The third kappa shape index (κ3) is 4.60. The first kappa shape index (κ1) is 23.7. The Morgan fingerprint density at radius 3 is 2.76 bits per heavy atom. The lowest BCUT2D eigenvalue weighted by Crippen LogP contribution is -2.28. The number of thiazole rings is 1. The van der Waals surface area contributed by atoms with Crippen LogP contribution in [0.4, 0.5) is 20.3 Å². The molecule has 0 amide bonds. The number of halogens is 2. The topological polar surface area (TPSA) is 81.0 Å². The summed E-state index contributed by atoms with van der Waals surface area (Å²) in [6.07, 6.45) is 4.26. The molecule has 11 heteroatoms. The molecular formula is C26H25F2N7OS. The molecule has 5 aromatic rings. The zero-order chi connectivity index (χ0) is 25.5. The summed E-state index contributed by atoms with van der Waals surface area (Å²) in [5.74, 6) is 0.412. The molecule has 37 heavy (non-hydrogen) atoms. The second-order valence-electron chi connectivity index (χ2n) is 9.30. The van der Waals surface area contributed by atoms with Crippen LogP contribution in [-0.4, -0.2) is 62.0 Å². The molecule has 1 N–H and O–H groups in total. The predicted octanol–water partition coefficient (Wildman–Crippen LogP) is 5.33. The van der Waals surface area contributed by atoms with Crippen LogP contribution in [0.1, 0.15) is 12.8 Å². The first-order chi connectivity index (χ1) is 18.0. The van der Waals surface area contributed by atoms with Crippen molar-refractivity contribution >= 4 is 44.0 Å². The highest BCUT2D eigenvalue weighted by Gasteiger charge is 2.28. The number of ether oxygens (including phenoxy) is 1. The molecule has 3 aromatic heterocycles. The molecule has 0 aliphatic carbocycles. The number of rotatable bonds is 5. The SMILES string of the molecule is CN1CC[C@@H](F)[C@H](Oc2cc(-c3cnn(C)c3)cc3ncnc(Nc4ccc5ncsc5c4F)c23)CC1. The van der Waals surface area contributed by atoms with Crippen molar-refractivity contribution < 1.29 is 13.5 Å². The van der Waals surface area contributed by atoms with Crippen molar-refractivity contribution in [1.82, 2.24) is 29.6 Å². The number of aromatic nitrogens is 5. The van der Waals surface area contributed by atoms with Gasteiger partial charge in [0.05, 0.1) is 38.5 Å². The highest BCUT2D eigenvalue weighted by Crippen LogP contribution is 2.38. The molecule has 2 aromatic carbocycles. The number of hydrogen-bond donors (Lipinski definition) is 1. The van der Waals surface area contributed by atoms with Gasteiger partial charge in [-0.1, -0.05) is 0 Å². The van der Waals surface area contributed by atoms with Crippen molar-refractivity contribution in [1.29, 1.82) is 0 Å². The summed E-state index contributed by atoms with van der Waals surface area (Å²) in [5, 5.41) is 7.96. The molecule has 0 bridgehead atoms. The molecule has 1 fully saturated rings. The van der Waals surface area contributed by atoms with Crippen LogP contribution in [0.15, 0.2) is 48.5 Å². The van der Waals surface area contributed by atoms with Gasteiger partial charge >= 0.3 is 0 Å². The Morgan fingerprint density at radius 1 is 1.05 bits per heavy atom. The summed E-state index contributed by atoms with van der Waals surface area (Å²) in [7, 11) is 3.83. The van der Waals surface area contributed by atoms with Crippen molar-refractivity contribution in [3.05, 3.63) is 54.3 Å². The van der Waals surface area contributed by atoms with E-state index in [0.29, 0.717) is 52.1 Å². The number of aryl methyl sites for hydroxylation is 1. The highest BCUT2D eigenvalue weighted by molar-refractivity contribution is 7.16. The Hall–Kier alpha value is -3.70. The van der Waals surface area contributed by atoms with Gasteiger partial charge in [0.25, 0.3) is 0 Å². The maximum Gasteiger partial charge on any atom is 0.166 e. The van der Waals surface area contributed by atoms with Crippen molar-refractivity contribution in [2.45, 2.75) is 25.1 Å². The zero-order valence-corrected chi connectivity index (χ0v) is 21.2. The van der Waals surface area contributed by atoms with Gasteiger partial charge in [0, 0.05) is 31.9 Å². The molecule has 1 aliphatic rings. The Bertz CT molecular complexity index is 1590. The number of alkyl halides is 1. The fraction of sp³-hybridized carbons (Fsp3) is 0.308. The van der Waals surface area contributed by atoms with E-state index in [1.807, 2.05) is 32.4 Å². The number of benzene rings is 2. The third-order valence-corrected chi connectivity index (χ3v) is 7.53. The van der Waals surface area contributed by atoms with Gasteiger partial charge in [0.2, 0.25) is 0 Å². The summed E-state index contributed by atoms with van der Waals surface area (Å²) < 4.78 is 39.0. The molecule has 6 rings (SSSR count). The number of hydrogen-bond acceptors (Lipinski definition) is 8. The van der Waals surface area contributed by atoms with Crippen LogP contribution < -0.4 is 10.1 Å². The largest absolute Gasteiger partial charge is 0.486 e. The minimum absolute atomic E-state index is 0.262. The van der Waals surface area contributed by atoms with Gasteiger partial charge in [-0.05, 0) is 49.7 Å². The van der Waals surface area contributed by atoms with Crippen molar-refractivity contribution in [3.8, 4) is 16.9 Å². The molecule has 8 nitrogen and oxygen atoms in total. The molecule has 1 saturated heterocycles. The van der Waals surface area contributed by atoms with Crippen LogP contribution in [0.2, 0.25) is 0 Å². The molecule has 0 unspecified atom stereocenters. The lowest BCUT2D eigenvalue weighted by atomic mass is 10.0. The fourth-order valence-electron chi connectivity index (χ4n) is 4.66. The normalized spacial score (nSPS) is 18.8. The van der Waals surface area contributed by atoms with E-state index in [9.17, 15) is 0 Å². The fourth-order valence-corrected chi connectivity index (χ4v) is 5.39. The molecule has 2 atom stereocenters. The molecule has 0 saturated carbocycles. The summed E-state index contributed by atoms with van der Waals surface area (Å²) in [6.45, 7) is 1.40. The number of fused-ring (bicyclic) bond motifs is 2. The smallest absolute Gasteiger partial charge is 0.166 e. The number of anilines is 2. The van der Waals surface area contributed by atoms with E-state index in [0.717, 1.165) is 17.7 Å². The second-order valence-corrected chi connectivity index (χ2v) is 10.2. The standard InChI is InChI=1S/C26H25F2N7OS/c1-34-7-5-17(27)21(6-8-34)36-22-10-15(16-11-32-35(2)12-16)9-20-23(22)26(30-13-29-20)33-18-3-4-19-25(24(18)28)37-14-31-19/h3-4,9-14,17,21H,5-8H2,1-2H3,(H,29,30,33)/t17-,21-/m1/s1. The van der Waals surface area contributed by atoms with Crippen LogP contribution in [0, 0.1) is 5.82 Å². The van der Waals surface area contributed by atoms with Gasteiger partial charge in [0.15, 0.2) is 5.82 Å². The summed E-state index contributed by atoms with van der Waals surface area (Å²) in [6, 6.07) is 7.16. The number of likely N-dealkylation sites (tertiary alicyclic amines) is 1. The Labute approximate surface area is 215 Å². The minimum atomic E-state index is -1.12. The first-order valence-corrected chi connectivity index (χ1v) is 12.9. The van der Waals surface area contributed by atoms with E-state index in [1.54, 1.807) is 28.5 Å². The van der Waals surface area contributed by atoms with Crippen LogP contribution >= 0.6 is 11.3 Å². The van der Waals surface area contributed by atoms with Gasteiger partial charge in [-0.25, -0.2) is 23.7 Å². The quantitative estimate of drug-likeness (QED) is 0.335. The first-order valence-electron chi connectivity index (χ1n) is 12.0. The van der Waals surface area contributed by atoms with E-state index in [-0.39, 0.29) is 5.69 Å². The Morgan fingerprint density at radius 2 is 1.92 bits per heavy atom. The summed E-state index contributed by atoms with van der Waals surface area (Å²) >= 11 is 1.24. The van der Waals surface area contributed by atoms with Crippen LogP contribution in [0.5, 0.6) is 5.75 Å². The lowest BCUT2D eigenvalue weighted by molar-refractivity contribution is 0.0984. The average Bonchev–Trinajstić information content (AvgIpc) is 3.52. The molecule has 0 spiro atoms. The molecule has 4 heterocycles. The van der Waals surface area contributed by atoms with E-state index in [1.165, 1.54) is 17.7 Å². The number of nitrogens with one attached hydrogen (secondary N) is 1. The monoisotopic (exact) mass is 521 g/mol. The van der Waals surface area contributed by atoms with Crippen LogP contribution in [0.25, 0.3) is 32.2 Å². The zero-order valence-electron chi connectivity index (χ0n) is 20.4. The van der Waals surface area contributed by atoms with Gasteiger partial charge < -0.3 is 15.0 Å². The summed E-state index contributed by atoms with van der Waals surface area (Å²) in [4.78, 5) is 15.2. The van der Waals surface area contributed by atoms with E-state index in [2.05, 4.69) is 30.3 Å². The van der Waals surface area contributed by atoms with Gasteiger partial charge in [-0.3, -0.25) is 4.68 Å². The van der Waals surface area contributed by atoms with Crippen molar-refractivity contribution in [2.75, 3.05) is 25.5 Å². The van der Waals surface area contributed by atoms with Crippen LogP contribution in [0.3, 0.4) is 0 Å². The average molecular weight is 522 g/mol. The van der Waals surface area contributed by atoms with E-state index in [4.69, 9.17) is 4.74 Å². The Balaban J connectivity index is 1.47. The van der Waals surface area contributed by atoms with E-state index >= 15 is 8.78 Å². The van der Waals surface area contributed by atoms with Gasteiger partial charge in [-0.2, -0.15) is 5.10 Å². The minimum Gasteiger partial charge on any atom is -0.486 e. The third-order valence-electron chi connectivity index (χ3n) is 6.70. The molecule has 1 aliphatic heterocycles. The van der Waals surface area contributed by atoms with Crippen molar-refractivity contribution in [2.24, 2.45) is 7.05 Å². The van der Waals surface area contributed by atoms with Gasteiger partial charge in [0.1, 0.15) is 30.2 Å². The number of nitrogens with zero attached hydrogens (tertiary/aromatic N) is 6. The molecule has 0 radical (unpaired) electrons. The molecule has 190 valence electrons. The maximum absolute atomic E-state index is 15.3. The second kappa shape index (κ2) is 9.64. The maximum atomic E-state index is 15.3. The predicted molar refractivity (Wildman–Crippen MR) is 141 cm³/mol. The Kier molecular flexibility index (Phi) is 6.17. The highest BCUT2D eigenvalue weighted by atomic mass is 32.1. The molecular weight excluding hydrogens is 496 g/mol. The van der Waals surface area contributed by atoms with Crippen LogP contribution in [-0.2, 0) is 7.05 Å². The van der Waals surface area contributed by atoms with Crippen molar-refractivity contribution in [3.63, 3.8) is 0 Å².